The molecule has 1 aromatic carbocycles. The number of carbonyl (C=O) groups is 1. The number of halogens is 1. The van der Waals surface area contributed by atoms with E-state index in [9.17, 15) is 4.79 Å². The second-order valence-corrected chi connectivity index (χ2v) is 6.04. The third-order valence-electron chi connectivity index (χ3n) is 3.26. The van der Waals surface area contributed by atoms with E-state index in [0.29, 0.717) is 29.0 Å². The van der Waals surface area contributed by atoms with Gasteiger partial charge in [-0.2, -0.15) is 4.98 Å². The first kappa shape index (κ1) is 19.3. The summed E-state index contributed by atoms with van der Waals surface area (Å²) < 4.78 is 15.8. The van der Waals surface area contributed by atoms with Gasteiger partial charge in [-0.25, -0.2) is 9.78 Å². The average molecular weight is 383 g/mol. The van der Waals surface area contributed by atoms with E-state index < -0.39 is 5.97 Å². The molecule has 0 N–H and O–H groups in total. The van der Waals surface area contributed by atoms with Gasteiger partial charge >= 0.3 is 5.97 Å². The van der Waals surface area contributed by atoms with Gasteiger partial charge in [0, 0.05) is 12.6 Å². The zero-order chi connectivity index (χ0) is 18.2. The van der Waals surface area contributed by atoms with Gasteiger partial charge in [0.2, 0.25) is 5.88 Å². The molecule has 0 aliphatic carbocycles. The fourth-order valence-corrected chi connectivity index (χ4v) is 2.65. The van der Waals surface area contributed by atoms with E-state index in [4.69, 9.17) is 25.8 Å². The van der Waals surface area contributed by atoms with Crippen LogP contribution in [0.25, 0.3) is 0 Å². The Morgan fingerprint density at radius 1 is 1.36 bits per heavy atom. The van der Waals surface area contributed by atoms with Crippen molar-refractivity contribution >= 4 is 29.3 Å². The molecule has 0 aliphatic heterocycles. The molecular formula is C17H19ClN2O4S. The highest BCUT2D eigenvalue weighted by molar-refractivity contribution is 7.98. The number of thioether (sulfide) groups is 1. The van der Waals surface area contributed by atoms with Crippen LogP contribution in [0.15, 0.2) is 29.6 Å². The smallest absolute Gasteiger partial charge is 0.345 e. The molecule has 1 heterocycles. The lowest BCUT2D eigenvalue weighted by molar-refractivity contribution is 0.0519. The molecule has 25 heavy (non-hydrogen) atoms. The molecule has 0 aliphatic rings. The van der Waals surface area contributed by atoms with Crippen LogP contribution in [-0.2, 0) is 11.2 Å². The summed E-state index contributed by atoms with van der Waals surface area (Å²) in [6, 6.07) is 5.54. The zero-order valence-corrected chi connectivity index (χ0v) is 15.8. The van der Waals surface area contributed by atoms with Crippen molar-refractivity contribution in [3.63, 3.8) is 0 Å². The van der Waals surface area contributed by atoms with E-state index >= 15 is 0 Å². The van der Waals surface area contributed by atoms with Crippen LogP contribution in [0.3, 0.4) is 0 Å². The highest BCUT2D eigenvalue weighted by Gasteiger charge is 2.17. The molecule has 8 heteroatoms. The lowest BCUT2D eigenvalue weighted by Crippen LogP contribution is -2.12. The third-order valence-corrected chi connectivity index (χ3v) is 4.11. The van der Waals surface area contributed by atoms with Crippen LogP contribution in [0.4, 0.5) is 0 Å². The van der Waals surface area contributed by atoms with Gasteiger partial charge in [-0.15, -0.1) is 0 Å². The number of ether oxygens (including phenoxy) is 3. The van der Waals surface area contributed by atoms with Gasteiger partial charge in [0.1, 0.15) is 11.3 Å². The maximum Gasteiger partial charge on any atom is 0.345 e. The lowest BCUT2D eigenvalue weighted by atomic mass is 10.1. The summed E-state index contributed by atoms with van der Waals surface area (Å²) in [6.45, 7) is 2.34. The predicted octanol–water partition coefficient (Wildman–Crippen LogP) is 3.66. The van der Waals surface area contributed by atoms with Crippen LogP contribution in [0.2, 0.25) is 5.02 Å². The summed E-state index contributed by atoms with van der Waals surface area (Å²) in [4.78, 5) is 20.3. The van der Waals surface area contributed by atoms with E-state index in [1.165, 1.54) is 18.0 Å². The second-order valence-electron chi connectivity index (χ2n) is 4.86. The van der Waals surface area contributed by atoms with Gasteiger partial charge in [-0.3, -0.25) is 0 Å². The molecule has 0 saturated heterocycles. The number of nitrogens with zero attached hydrogens (tertiary/aromatic N) is 2. The number of esters is 1. The maximum atomic E-state index is 12.0. The molecule has 0 radical (unpaired) electrons. The Morgan fingerprint density at radius 2 is 2.16 bits per heavy atom. The number of aromatic nitrogens is 2. The van der Waals surface area contributed by atoms with E-state index in [-0.39, 0.29) is 18.1 Å². The molecule has 2 rings (SSSR count). The second kappa shape index (κ2) is 9.48. The molecule has 0 bridgehead atoms. The number of carbonyl (C=O) groups excluding carboxylic acids is 1. The van der Waals surface area contributed by atoms with Crippen LogP contribution in [0.5, 0.6) is 11.6 Å². The molecule has 2 aromatic rings. The van der Waals surface area contributed by atoms with Gasteiger partial charge < -0.3 is 14.2 Å². The molecule has 0 saturated carbocycles. The Labute approximate surface area is 155 Å². The minimum atomic E-state index is -0.502. The Morgan fingerprint density at radius 3 is 2.80 bits per heavy atom. The molecule has 134 valence electrons. The number of methoxy groups -OCH3 is 1. The van der Waals surface area contributed by atoms with Gasteiger partial charge in [-0.05, 0) is 30.9 Å². The Hall–Kier alpha value is -1.99. The molecule has 6 nitrogen and oxygen atoms in total. The molecule has 0 atom stereocenters. The van der Waals surface area contributed by atoms with E-state index in [0.717, 1.165) is 5.56 Å². The standard InChI is InChI=1S/C17H19ClN2O4S/c1-4-23-16(21)12-10-19-17(25-3)20-15(12)24-8-7-11-5-6-14(22-2)13(18)9-11/h5-6,9-10H,4,7-8H2,1-3H3. The molecule has 0 fully saturated rings. The Bertz CT molecular complexity index is 743. The quantitative estimate of drug-likeness (QED) is 0.392. The van der Waals surface area contributed by atoms with Gasteiger partial charge in [0.15, 0.2) is 5.16 Å². The van der Waals surface area contributed by atoms with E-state index in [1.54, 1.807) is 20.1 Å². The summed E-state index contributed by atoms with van der Waals surface area (Å²) in [7, 11) is 1.57. The topological polar surface area (TPSA) is 70.5 Å². The van der Waals surface area contributed by atoms with Crippen LogP contribution in [-0.4, -0.2) is 42.5 Å². The van der Waals surface area contributed by atoms with Crippen LogP contribution >= 0.6 is 23.4 Å². The number of rotatable bonds is 8. The lowest BCUT2D eigenvalue weighted by Gasteiger charge is -2.11. The van der Waals surface area contributed by atoms with Gasteiger partial charge in [0.25, 0.3) is 0 Å². The SMILES string of the molecule is CCOC(=O)c1cnc(SC)nc1OCCc1ccc(OC)c(Cl)c1. The first-order valence-corrected chi connectivity index (χ1v) is 9.22. The van der Waals surface area contributed by atoms with Crippen molar-refractivity contribution in [3.8, 4) is 11.6 Å². The molecule has 0 spiro atoms. The highest BCUT2D eigenvalue weighted by Crippen LogP contribution is 2.25. The number of benzene rings is 1. The minimum absolute atomic E-state index is 0.215. The largest absolute Gasteiger partial charge is 0.495 e. The fraction of sp³-hybridized carbons (Fsp3) is 0.353. The summed E-state index contributed by atoms with van der Waals surface area (Å²) in [5.74, 6) is 0.339. The Kier molecular flexibility index (Phi) is 7.33. The summed E-state index contributed by atoms with van der Waals surface area (Å²) >= 11 is 7.48. The third kappa shape index (κ3) is 5.24. The van der Waals surface area contributed by atoms with Crippen molar-refractivity contribution in [3.05, 3.63) is 40.5 Å². The number of hydrogen-bond donors (Lipinski definition) is 0. The summed E-state index contributed by atoms with van der Waals surface area (Å²) in [5, 5.41) is 1.06. The maximum absolute atomic E-state index is 12.0. The van der Waals surface area contributed by atoms with Crippen LogP contribution < -0.4 is 9.47 Å². The molecule has 1 aromatic heterocycles. The van der Waals surface area contributed by atoms with Crippen molar-refractivity contribution < 1.29 is 19.0 Å². The first-order valence-electron chi connectivity index (χ1n) is 7.62. The minimum Gasteiger partial charge on any atom is -0.495 e. The van der Waals surface area contributed by atoms with Crippen LogP contribution in [0, 0.1) is 0 Å². The van der Waals surface area contributed by atoms with E-state index in [2.05, 4.69) is 9.97 Å². The van der Waals surface area contributed by atoms with Gasteiger partial charge in [0.05, 0.1) is 25.3 Å². The van der Waals surface area contributed by atoms with Gasteiger partial charge in [-0.1, -0.05) is 29.4 Å². The number of hydrogen-bond acceptors (Lipinski definition) is 7. The van der Waals surface area contributed by atoms with Crippen molar-refractivity contribution in [2.24, 2.45) is 0 Å². The van der Waals surface area contributed by atoms with Crippen molar-refractivity contribution in [1.82, 2.24) is 9.97 Å². The Balaban J connectivity index is 2.08. The average Bonchev–Trinajstić information content (AvgIpc) is 2.62. The van der Waals surface area contributed by atoms with Crippen molar-refractivity contribution in [2.45, 2.75) is 18.5 Å². The first-order chi connectivity index (χ1) is 12.1. The molecular weight excluding hydrogens is 364 g/mol. The van der Waals surface area contributed by atoms with E-state index in [1.807, 2.05) is 18.4 Å². The van der Waals surface area contributed by atoms with Crippen molar-refractivity contribution in [2.75, 3.05) is 26.6 Å². The molecule has 0 amide bonds. The summed E-state index contributed by atoms with van der Waals surface area (Å²) in [5.41, 5.74) is 1.20. The fourth-order valence-electron chi connectivity index (χ4n) is 2.04. The summed E-state index contributed by atoms with van der Waals surface area (Å²) in [6.07, 6.45) is 3.88. The normalized spacial score (nSPS) is 10.4. The predicted molar refractivity (Wildman–Crippen MR) is 97.0 cm³/mol. The highest BCUT2D eigenvalue weighted by atomic mass is 35.5. The molecule has 0 unspecified atom stereocenters. The monoisotopic (exact) mass is 382 g/mol. The zero-order valence-electron chi connectivity index (χ0n) is 14.2. The van der Waals surface area contributed by atoms with Crippen LogP contribution in [0.1, 0.15) is 22.8 Å². The van der Waals surface area contributed by atoms with Crippen molar-refractivity contribution in [1.29, 1.82) is 0 Å².